The molecule has 3 fully saturated rings. The number of aliphatic hydroxyl groups excluding tert-OH is 1. The first-order chi connectivity index (χ1) is 14.1. The highest BCUT2D eigenvalue weighted by atomic mass is 16.5. The number of ether oxygens (including phenoxy) is 1. The zero-order valence-corrected chi connectivity index (χ0v) is 17.8. The molecule has 160 valence electrons. The van der Waals surface area contributed by atoms with Crippen molar-refractivity contribution in [2.45, 2.75) is 44.3 Å². The minimum atomic E-state index is 0.0277. The number of likely N-dealkylation sites (tertiary alicyclic amines) is 1. The van der Waals surface area contributed by atoms with Gasteiger partial charge in [-0.25, -0.2) is 0 Å². The van der Waals surface area contributed by atoms with E-state index < -0.39 is 0 Å². The third kappa shape index (κ3) is 4.44. The fourth-order valence-corrected chi connectivity index (χ4v) is 5.78. The molecule has 1 N–H and O–H groups in total. The van der Waals surface area contributed by atoms with E-state index in [0.717, 1.165) is 51.2 Å². The summed E-state index contributed by atoms with van der Waals surface area (Å²) in [6.07, 6.45) is 4.15. The smallest absolute Gasteiger partial charge is 0.223 e. The van der Waals surface area contributed by atoms with Gasteiger partial charge in [0.05, 0.1) is 6.61 Å². The Morgan fingerprint density at radius 3 is 2.79 bits per heavy atom. The van der Waals surface area contributed by atoms with Gasteiger partial charge in [0.1, 0.15) is 12.4 Å². The number of amides is 1. The highest BCUT2D eigenvalue weighted by Crippen LogP contribution is 2.42. The van der Waals surface area contributed by atoms with Crippen molar-refractivity contribution in [3.8, 4) is 5.75 Å². The lowest BCUT2D eigenvalue weighted by molar-refractivity contribution is -0.153. The van der Waals surface area contributed by atoms with Gasteiger partial charge in [0.25, 0.3) is 0 Å². The molecule has 4 atom stereocenters. The van der Waals surface area contributed by atoms with Crippen LogP contribution in [0.1, 0.15) is 31.2 Å². The Morgan fingerprint density at radius 1 is 1.21 bits per heavy atom. The maximum absolute atomic E-state index is 12.8. The highest BCUT2D eigenvalue weighted by Gasteiger charge is 2.49. The summed E-state index contributed by atoms with van der Waals surface area (Å²) in [7, 11) is 4.23. The van der Waals surface area contributed by atoms with Crippen LogP contribution in [0.5, 0.6) is 5.75 Å². The summed E-state index contributed by atoms with van der Waals surface area (Å²) >= 11 is 0. The van der Waals surface area contributed by atoms with Crippen molar-refractivity contribution < 1.29 is 14.6 Å². The van der Waals surface area contributed by atoms with Gasteiger partial charge < -0.3 is 19.6 Å². The molecule has 3 heterocycles. The largest absolute Gasteiger partial charge is 0.491 e. The number of para-hydroxylation sites is 1. The monoisotopic (exact) mass is 401 g/mol. The molecule has 3 aliphatic rings. The van der Waals surface area contributed by atoms with Crippen LogP contribution in [0.2, 0.25) is 0 Å². The zero-order valence-electron chi connectivity index (χ0n) is 17.8. The molecular weight excluding hydrogens is 366 g/mol. The van der Waals surface area contributed by atoms with Crippen molar-refractivity contribution >= 4 is 5.91 Å². The van der Waals surface area contributed by atoms with E-state index >= 15 is 0 Å². The second-order valence-electron chi connectivity index (χ2n) is 9.22. The maximum atomic E-state index is 12.8. The van der Waals surface area contributed by atoms with Gasteiger partial charge in [0.15, 0.2) is 0 Å². The molecule has 1 amide bonds. The molecule has 0 aromatic heterocycles. The Bertz CT molecular complexity index is 710. The van der Waals surface area contributed by atoms with Crippen LogP contribution in [0.3, 0.4) is 0 Å². The Labute approximate surface area is 174 Å². The van der Waals surface area contributed by atoms with E-state index in [2.05, 4.69) is 40.9 Å². The van der Waals surface area contributed by atoms with Crippen molar-refractivity contribution in [2.24, 2.45) is 11.8 Å². The van der Waals surface area contributed by atoms with Gasteiger partial charge in [-0.15, -0.1) is 0 Å². The van der Waals surface area contributed by atoms with Crippen molar-refractivity contribution in [1.82, 2.24) is 14.7 Å². The molecule has 3 aliphatic heterocycles. The first-order valence-corrected chi connectivity index (χ1v) is 11.1. The van der Waals surface area contributed by atoms with Crippen LogP contribution >= 0.6 is 0 Å². The van der Waals surface area contributed by atoms with Crippen molar-refractivity contribution in [1.29, 1.82) is 0 Å². The fourth-order valence-electron chi connectivity index (χ4n) is 5.78. The topological polar surface area (TPSA) is 56.2 Å². The van der Waals surface area contributed by atoms with Crippen molar-refractivity contribution in [3.05, 3.63) is 29.8 Å². The molecule has 1 aromatic carbocycles. The molecule has 0 unspecified atom stereocenters. The Kier molecular flexibility index (Phi) is 6.42. The number of hydrogen-bond acceptors (Lipinski definition) is 5. The second-order valence-corrected chi connectivity index (χ2v) is 9.22. The van der Waals surface area contributed by atoms with Crippen LogP contribution in [0.25, 0.3) is 0 Å². The lowest BCUT2D eigenvalue weighted by atomic mass is 9.72. The van der Waals surface area contributed by atoms with E-state index in [1.54, 1.807) is 0 Å². The van der Waals surface area contributed by atoms with E-state index in [0.29, 0.717) is 36.4 Å². The van der Waals surface area contributed by atoms with Crippen LogP contribution in [0.15, 0.2) is 24.3 Å². The number of aliphatic hydroxyl groups is 1. The third-order valence-electron chi connectivity index (χ3n) is 6.84. The molecule has 6 heteroatoms. The van der Waals surface area contributed by atoms with Crippen molar-refractivity contribution in [3.63, 3.8) is 0 Å². The standard InChI is InChI=1S/C23H35N3O3/c1-24(2)16-21-19-12-18(20-7-5-9-23(28)26(20)21)14-25(15-19)13-17-6-3-4-8-22(17)29-11-10-27/h3-4,6,8,18-21,27H,5,7,9-16H2,1-2H3/t18-,19+,20+,21+/m1/s1. The highest BCUT2D eigenvalue weighted by molar-refractivity contribution is 5.78. The minimum Gasteiger partial charge on any atom is -0.491 e. The van der Waals surface area contributed by atoms with Gasteiger partial charge in [0.2, 0.25) is 5.91 Å². The van der Waals surface area contributed by atoms with E-state index in [1.165, 1.54) is 12.0 Å². The van der Waals surface area contributed by atoms with Gasteiger partial charge in [-0.05, 0) is 51.3 Å². The maximum Gasteiger partial charge on any atom is 0.223 e. The van der Waals surface area contributed by atoms with Gasteiger partial charge in [-0.1, -0.05) is 18.2 Å². The summed E-state index contributed by atoms with van der Waals surface area (Å²) in [6, 6.07) is 8.89. The second kappa shape index (κ2) is 9.02. The number of likely N-dealkylation sites (N-methyl/N-ethyl adjacent to an activating group) is 1. The SMILES string of the molecule is CN(C)C[C@H]1[C@H]2C[C@H](CN(Cc3ccccc3OCCO)C2)[C@@H]2CCCC(=O)N21. The van der Waals surface area contributed by atoms with Gasteiger partial charge in [0, 0.05) is 50.2 Å². The quantitative estimate of drug-likeness (QED) is 0.755. The summed E-state index contributed by atoms with van der Waals surface area (Å²) in [5.74, 6) is 2.34. The number of carbonyl (C=O) groups is 1. The van der Waals surface area contributed by atoms with Crippen LogP contribution in [0.4, 0.5) is 0 Å². The van der Waals surface area contributed by atoms with Crippen LogP contribution < -0.4 is 4.74 Å². The Morgan fingerprint density at radius 2 is 2.00 bits per heavy atom. The molecule has 3 saturated heterocycles. The summed E-state index contributed by atoms with van der Waals surface area (Å²) in [5, 5.41) is 9.11. The molecule has 0 spiro atoms. The normalized spacial score (nSPS) is 29.8. The van der Waals surface area contributed by atoms with Gasteiger partial charge in [-0.2, -0.15) is 0 Å². The zero-order chi connectivity index (χ0) is 20.4. The number of piperidine rings is 3. The summed E-state index contributed by atoms with van der Waals surface area (Å²) < 4.78 is 5.76. The lowest BCUT2D eigenvalue weighted by Crippen LogP contribution is -2.66. The number of carbonyl (C=O) groups excluding carboxylic acids is 1. The number of rotatable bonds is 7. The number of nitrogens with zero attached hydrogens (tertiary/aromatic N) is 3. The summed E-state index contributed by atoms with van der Waals surface area (Å²) in [4.78, 5) is 19.9. The first-order valence-electron chi connectivity index (χ1n) is 11.1. The molecule has 0 saturated carbocycles. The Hall–Kier alpha value is -1.63. The Balaban J connectivity index is 1.53. The molecular formula is C23H35N3O3. The molecule has 6 nitrogen and oxygen atoms in total. The summed E-state index contributed by atoms with van der Waals surface area (Å²) in [5.41, 5.74) is 1.18. The van der Waals surface area contributed by atoms with E-state index in [1.807, 2.05) is 12.1 Å². The van der Waals surface area contributed by atoms with Crippen molar-refractivity contribution in [2.75, 3.05) is 46.9 Å². The predicted molar refractivity (Wildman–Crippen MR) is 113 cm³/mol. The van der Waals surface area contributed by atoms with E-state index in [9.17, 15) is 4.79 Å². The first kappa shape index (κ1) is 20.6. The predicted octanol–water partition coefficient (Wildman–Crippen LogP) is 1.82. The third-order valence-corrected chi connectivity index (χ3v) is 6.84. The lowest BCUT2D eigenvalue weighted by Gasteiger charge is -2.57. The fraction of sp³-hybridized carbons (Fsp3) is 0.696. The number of fused-ring (bicyclic) bond motifs is 4. The summed E-state index contributed by atoms with van der Waals surface area (Å²) in [6.45, 7) is 4.24. The number of benzene rings is 1. The molecule has 2 bridgehead atoms. The van der Waals surface area contributed by atoms with Crippen LogP contribution in [-0.2, 0) is 11.3 Å². The van der Waals surface area contributed by atoms with Crippen LogP contribution in [0, 0.1) is 11.8 Å². The molecule has 0 aliphatic carbocycles. The molecule has 0 radical (unpaired) electrons. The molecule has 4 rings (SSSR count). The minimum absolute atomic E-state index is 0.0277. The van der Waals surface area contributed by atoms with Gasteiger partial charge in [-0.3, -0.25) is 9.69 Å². The number of hydrogen-bond donors (Lipinski definition) is 1. The van der Waals surface area contributed by atoms with E-state index in [-0.39, 0.29) is 6.61 Å². The average molecular weight is 402 g/mol. The van der Waals surface area contributed by atoms with E-state index in [4.69, 9.17) is 9.84 Å². The van der Waals surface area contributed by atoms with Crippen LogP contribution in [-0.4, -0.2) is 84.7 Å². The van der Waals surface area contributed by atoms with Gasteiger partial charge >= 0.3 is 0 Å². The molecule has 1 aromatic rings. The molecule has 29 heavy (non-hydrogen) atoms. The average Bonchev–Trinajstić information content (AvgIpc) is 2.70.